The van der Waals surface area contributed by atoms with Crippen LogP contribution in [0.5, 0.6) is 0 Å². The predicted molar refractivity (Wildman–Crippen MR) is 99.3 cm³/mol. The van der Waals surface area contributed by atoms with Gasteiger partial charge in [0.1, 0.15) is 0 Å². The minimum atomic E-state index is -5.44. The number of rotatable bonds is 4. The summed E-state index contributed by atoms with van der Waals surface area (Å²) in [6, 6.07) is 0.778. The molecular formula is C18H23F7N2O3S. The highest BCUT2D eigenvalue weighted by molar-refractivity contribution is 7.86. The molecule has 1 N–H and O–H groups in total. The van der Waals surface area contributed by atoms with Gasteiger partial charge in [0, 0.05) is 6.20 Å². The van der Waals surface area contributed by atoms with E-state index in [1.807, 2.05) is 13.8 Å². The average Bonchev–Trinajstić information content (AvgIpc) is 3.06. The summed E-state index contributed by atoms with van der Waals surface area (Å²) in [5.74, 6) is 0. The molecule has 178 valence electrons. The summed E-state index contributed by atoms with van der Waals surface area (Å²) in [5.41, 5.74) is -4.29. The molecule has 0 aliphatic carbocycles. The first-order valence-electron chi connectivity index (χ1n) is 9.04. The van der Waals surface area contributed by atoms with Gasteiger partial charge in [-0.15, -0.1) is 0 Å². The van der Waals surface area contributed by atoms with Crippen molar-refractivity contribution in [3.05, 3.63) is 46.8 Å². The zero-order chi connectivity index (χ0) is 24.6. The number of benzene rings is 1. The maximum absolute atomic E-state index is 13.2. The molecule has 2 rings (SSSR count). The second kappa shape index (κ2) is 11.5. The fourth-order valence-electron chi connectivity index (χ4n) is 2.17. The monoisotopic (exact) mass is 480 g/mol. The number of halogens is 7. The van der Waals surface area contributed by atoms with Gasteiger partial charge in [-0.3, -0.25) is 0 Å². The van der Waals surface area contributed by atoms with Gasteiger partial charge in [0.25, 0.3) is 5.16 Å². The molecule has 0 radical (unpaired) electrons. The third kappa shape index (κ3) is 8.48. The Morgan fingerprint density at radius 1 is 1.03 bits per heavy atom. The van der Waals surface area contributed by atoms with Crippen molar-refractivity contribution in [2.75, 3.05) is 0 Å². The summed E-state index contributed by atoms with van der Waals surface area (Å²) in [4.78, 5) is 3.23. The van der Waals surface area contributed by atoms with Gasteiger partial charge < -0.3 is 9.67 Å². The molecule has 1 aromatic carbocycles. The highest BCUT2D eigenvalue weighted by atomic mass is 32.3. The Labute approximate surface area is 175 Å². The van der Waals surface area contributed by atoms with Crippen LogP contribution in [0.2, 0.25) is 0 Å². The molecule has 0 saturated carbocycles. The van der Waals surface area contributed by atoms with Crippen LogP contribution in [-0.2, 0) is 35.7 Å². The number of alkyl halides is 6. The fraction of sp³-hybridized carbons (Fsp3) is 0.500. The third-order valence-corrected chi connectivity index (χ3v) is 4.02. The van der Waals surface area contributed by atoms with E-state index in [1.165, 1.54) is 6.42 Å². The number of aliphatic hydroxyl groups is 1. The Kier molecular flexibility index (Phi) is 10.7. The molecule has 0 bridgehead atoms. The van der Waals surface area contributed by atoms with E-state index < -0.39 is 57.6 Å². The zero-order valence-electron chi connectivity index (χ0n) is 17.1. The number of aliphatic hydroxyl groups excluding tert-OH is 1. The van der Waals surface area contributed by atoms with Crippen LogP contribution < -0.4 is 0 Å². The van der Waals surface area contributed by atoms with E-state index in [0.717, 1.165) is 6.20 Å². The molecule has 5 nitrogen and oxygen atoms in total. The largest absolute Gasteiger partial charge is 0.416 e. The third-order valence-electron chi connectivity index (χ3n) is 3.25. The predicted octanol–water partition coefficient (Wildman–Crippen LogP) is 5.56. The maximum Gasteiger partial charge on any atom is 0.416 e. The summed E-state index contributed by atoms with van der Waals surface area (Å²) < 4.78 is 113. The van der Waals surface area contributed by atoms with Crippen molar-refractivity contribution in [3.8, 4) is 0 Å². The standard InChI is InChI=1S/C13H9F7N2O3S.C3H8.C2H6/c14-12(15,16)8-2-1-7(10(3-8)13(17,18)19)4-22-5-9(6-23)21-11(22)26(20,24)25;1-3-2;1-2/h1-3,5,23H,4,6H2;3H2,1-2H3;1-2H3. The molecular weight excluding hydrogens is 457 g/mol. The Morgan fingerprint density at radius 3 is 1.94 bits per heavy atom. The second-order valence-electron chi connectivity index (χ2n) is 5.81. The first-order chi connectivity index (χ1) is 14.1. The van der Waals surface area contributed by atoms with Crippen LogP contribution in [0.25, 0.3) is 0 Å². The first kappa shape index (κ1) is 28.9. The molecule has 0 fully saturated rings. The van der Waals surface area contributed by atoms with E-state index in [9.17, 15) is 38.6 Å². The maximum atomic E-state index is 13.2. The van der Waals surface area contributed by atoms with Gasteiger partial charge in [-0.1, -0.05) is 44.1 Å². The summed E-state index contributed by atoms with van der Waals surface area (Å²) in [7, 11) is -5.44. The molecule has 0 atom stereocenters. The van der Waals surface area contributed by atoms with Gasteiger partial charge in [0.15, 0.2) is 0 Å². The summed E-state index contributed by atoms with van der Waals surface area (Å²) in [5, 5.41) is 7.65. The van der Waals surface area contributed by atoms with Crippen LogP contribution in [0.4, 0.5) is 30.2 Å². The second-order valence-corrected chi connectivity index (χ2v) is 7.05. The summed E-state index contributed by atoms with van der Waals surface area (Å²) in [6.45, 7) is 6.49. The molecule has 31 heavy (non-hydrogen) atoms. The average molecular weight is 480 g/mol. The van der Waals surface area contributed by atoms with Crippen molar-refractivity contribution in [1.29, 1.82) is 0 Å². The zero-order valence-corrected chi connectivity index (χ0v) is 18.0. The lowest BCUT2D eigenvalue weighted by atomic mass is 10.0. The Balaban J connectivity index is 0.00000165. The van der Waals surface area contributed by atoms with Crippen LogP contribution >= 0.6 is 0 Å². The number of hydrogen-bond acceptors (Lipinski definition) is 4. The number of hydrogen-bond donors (Lipinski definition) is 1. The van der Waals surface area contributed by atoms with Gasteiger partial charge in [-0.2, -0.15) is 34.8 Å². The molecule has 0 saturated heterocycles. The molecule has 0 aliphatic heterocycles. The minimum Gasteiger partial charge on any atom is -0.390 e. The lowest BCUT2D eigenvalue weighted by Crippen LogP contribution is -2.16. The van der Waals surface area contributed by atoms with E-state index >= 15 is 0 Å². The Bertz CT molecular complexity index is 937. The topological polar surface area (TPSA) is 72.2 Å². The van der Waals surface area contributed by atoms with E-state index in [-0.39, 0.29) is 11.8 Å². The lowest BCUT2D eigenvalue weighted by molar-refractivity contribution is -0.143. The molecule has 13 heteroatoms. The number of imidazole rings is 1. The fourth-order valence-corrected chi connectivity index (χ4v) is 2.80. The molecule has 0 spiro atoms. The molecule has 0 amide bonds. The van der Waals surface area contributed by atoms with Gasteiger partial charge in [0.05, 0.1) is 30.0 Å². The van der Waals surface area contributed by atoms with Crippen molar-refractivity contribution in [2.45, 2.75) is 64.8 Å². The van der Waals surface area contributed by atoms with Gasteiger partial charge in [-0.25, -0.2) is 4.98 Å². The Hall–Kier alpha value is -2.15. The smallest absolute Gasteiger partial charge is 0.390 e. The quantitative estimate of drug-likeness (QED) is 0.459. The SMILES string of the molecule is CC.CCC.O=S(=O)(F)c1nc(CO)cn1Cc1ccc(C(F)(F)F)cc1C(F)(F)F. The van der Waals surface area contributed by atoms with Gasteiger partial charge in [0.2, 0.25) is 0 Å². The molecule has 0 aliphatic rings. The van der Waals surface area contributed by atoms with E-state index in [4.69, 9.17) is 5.11 Å². The van der Waals surface area contributed by atoms with Crippen molar-refractivity contribution in [3.63, 3.8) is 0 Å². The normalized spacial score (nSPS) is 11.9. The number of nitrogens with zero attached hydrogens (tertiary/aromatic N) is 2. The van der Waals surface area contributed by atoms with Crippen LogP contribution in [0, 0.1) is 0 Å². The summed E-state index contributed by atoms with van der Waals surface area (Å²) >= 11 is 0. The lowest BCUT2D eigenvalue weighted by Gasteiger charge is -2.16. The van der Waals surface area contributed by atoms with Crippen molar-refractivity contribution in [2.24, 2.45) is 0 Å². The highest BCUT2D eigenvalue weighted by Crippen LogP contribution is 2.37. The van der Waals surface area contributed by atoms with E-state index in [0.29, 0.717) is 16.7 Å². The highest BCUT2D eigenvalue weighted by Gasteiger charge is 2.38. The van der Waals surface area contributed by atoms with Gasteiger partial charge >= 0.3 is 22.6 Å². The Morgan fingerprint density at radius 2 is 1.55 bits per heavy atom. The first-order valence-corrected chi connectivity index (χ1v) is 10.4. The minimum absolute atomic E-state index is 0.122. The van der Waals surface area contributed by atoms with Crippen LogP contribution in [0.1, 0.15) is 56.5 Å². The van der Waals surface area contributed by atoms with Crippen molar-refractivity contribution in [1.82, 2.24) is 9.55 Å². The van der Waals surface area contributed by atoms with E-state index in [1.54, 1.807) is 0 Å². The van der Waals surface area contributed by atoms with Crippen LogP contribution in [0.3, 0.4) is 0 Å². The van der Waals surface area contributed by atoms with Gasteiger partial charge in [-0.05, 0) is 17.7 Å². The number of aromatic nitrogens is 2. The van der Waals surface area contributed by atoms with Crippen molar-refractivity contribution < 1.29 is 43.8 Å². The van der Waals surface area contributed by atoms with Crippen LogP contribution in [0.15, 0.2) is 29.6 Å². The molecule has 2 aromatic rings. The van der Waals surface area contributed by atoms with E-state index in [2.05, 4.69) is 18.8 Å². The molecule has 0 unspecified atom stereocenters. The van der Waals surface area contributed by atoms with Crippen molar-refractivity contribution >= 4 is 10.2 Å². The summed E-state index contributed by atoms with van der Waals surface area (Å²) in [6.07, 6.45) is -8.17. The molecule has 1 aromatic heterocycles. The van der Waals surface area contributed by atoms with Crippen LogP contribution in [-0.4, -0.2) is 23.1 Å². The molecule has 1 heterocycles.